The van der Waals surface area contributed by atoms with Crippen molar-refractivity contribution in [3.63, 3.8) is 0 Å². The van der Waals surface area contributed by atoms with Crippen LogP contribution in [0.4, 0.5) is 5.69 Å². The van der Waals surface area contributed by atoms with Gasteiger partial charge in [-0.05, 0) is 42.8 Å². The van der Waals surface area contributed by atoms with Crippen LogP contribution in [0, 0.1) is 6.92 Å². The normalized spacial score (nSPS) is 11.0. The summed E-state index contributed by atoms with van der Waals surface area (Å²) in [6, 6.07) is 12.9. The molecule has 0 aliphatic rings. The topological polar surface area (TPSA) is 72.5 Å². The van der Waals surface area contributed by atoms with Crippen molar-refractivity contribution in [3.8, 4) is 0 Å². The third-order valence-corrected chi connectivity index (χ3v) is 4.32. The van der Waals surface area contributed by atoms with E-state index < -0.39 is 16.0 Å². The number of sulfonamides is 1. The Kier molecular flexibility index (Phi) is 4.28. The highest BCUT2D eigenvalue weighted by Gasteiger charge is 2.17. The standard InChI is InChI=1S/C15H15NO4S/c1-11-10-13(8-9-14(11)15(17)20-2)21(18,19)16-12-6-4-3-5-7-12/h3-10,16H,1-2H3. The fourth-order valence-electron chi connectivity index (χ4n) is 1.86. The first kappa shape index (κ1) is 15.1. The van der Waals surface area contributed by atoms with Crippen molar-refractivity contribution < 1.29 is 17.9 Å². The number of carbonyl (C=O) groups is 1. The Bertz CT molecular complexity index is 754. The second-order valence-electron chi connectivity index (χ2n) is 4.44. The van der Waals surface area contributed by atoms with E-state index in [9.17, 15) is 13.2 Å². The fourth-order valence-corrected chi connectivity index (χ4v) is 3.01. The number of rotatable bonds is 4. The van der Waals surface area contributed by atoms with Crippen molar-refractivity contribution in [1.29, 1.82) is 0 Å². The fraction of sp³-hybridized carbons (Fsp3) is 0.133. The summed E-state index contributed by atoms with van der Waals surface area (Å²) in [6.07, 6.45) is 0. The van der Waals surface area contributed by atoms with Gasteiger partial charge in [0.1, 0.15) is 0 Å². The Hall–Kier alpha value is -2.34. The summed E-state index contributed by atoms with van der Waals surface area (Å²) in [5.74, 6) is -0.493. The number of hydrogen-bond acceptors (Lipinski definition) is 4. The number of esters is 1. The zero-order valence-corrected chi connectivity index (χ0v) is 12.5. The molecule has 0 radical (unpaired) electrons. The molecule has 1 N–H and O–H groups in total. The van der Waals surface area contributed by atoms with Gasteiger partial charge in [0.15, 0.2) is 0 Å². The smallest absolute Gasteiger partial charge is 0.338 e. The molecule has 2 aromatic carbocycles. The van der Waals surface area contributed by atoms with E-state index >= 15 is 0 Å². The van der Waals surface area contributed by atoms with Crippen molar-refractivity contribution in [2.75, 3.05) is 11.8 Å². The zero-order chi connectivity index (χ0) is 15.5. The van der Waals surface area contributed by atoms with Gasteiger partial charge >= 0.3 is 5.97 Å². The first-order chi connectivity index (χ1) is 9.94. The number of nitrogens with one attached hydrogen (secondary N) is 1. The van der Waals surface area contributed by atoms with Crippen LogP contribution >= 0.6 is 0 Å². The van der Waals surface area contributed by atoms with Gasteiger partial charge in [0.05, 0.1) is 17.6 Å². The van der Waals surface area contributed by atoms with Crippen molar-refractivity contribution in [1.82, 2.24) is 0 Å². The molecule has 0 fully saturated rings. The summed E-state index contributed by atoms with van der Waals surface area (Å²) < 4.78 is 31.7. The van der Waals surface area contributed by atoms with E-state index in [0.717, 1.165) is 0 Å². The van der Waals surface area contributed by atoms with Crippen LogP contribution in [0.15, 0.2) is 53.4 Å². The maximum absolute atomic E-state index is 12.3. The highest BCUT2D eigenvalue weighted by molar-refractivity contribution is 7.92. The van der Waals surface area contributed by atoms with Gasteiger partial charge in [-0.2, -0.15) is 0 Å². The lowest BCUT2D eigenvalue weighted by Gasteiger charge is -2.10. The molecule has 0 aliphatic heterocycles. The lowest BCUT2D eigenvalue weighted by atomic mass is 10.1. The van der Waals surface area contributed by atoms with E-state index in [1.165, 1.54) is 25.3 Å². The van der Waals surface area contributed by atoms with Gasteiger partial charge < -0.3 is 4.74 Å². The van der Waals surface area contributed by atoms with E-state index in [1.54, 1.807) is 37.3 Å². The van der Waals surface area contributed by atoms with Crippen LogP contribution < -0.4 is 4.72 Å². The molecule has 2 rings (SSSR count). The first-order valence-corrected chi connectivity index (χ1v) is 7.69. The average Bonchev–Trinajstić information content (AvgIpc) is 2.47. The Labute approximate surface area is 123 Å². The highest BCUT2D eigenvalue weighted by Crippen LogP contribution is 2.19. The molecule has 0 aliphatic carbocycles. The minimum Gasteiger partial charge on any atom is -0.465 e. The summed E-state index contributed by atoms with van der Waals surface area (Å²) in [5, 5.41) is 0. The molecule has 110 valence electrons. The van der Waals surface area contributed by atoms with Crippen LogP contribution in [-0.4, -0.2) is 21.5 Å². The van der Waals surface area contributed by atoms with Gasteiger partial charge in [0.25, 0.3) is 10.0 Å². The molecule has 0 aromatic heterocycles. The van der Waals surface area contributed by atoms with Crippen molar-refractivity contribution in [3.05, 3.63) is 59.7 Å². The molecule has 6 heteroatoms. The number of hydrogen-bond donors (Lipinski definition) is 1. The van der Waals surface area contributed by atoms with E-state index in [0.29, 0.717) is 16.8 Å². The van der Waals surface area contributed by atoms with Crippen LogP contribution in [0.2, 0.25) is 0 Å². The first-order valence-electron chi connectivity index (χ1n) is 6.21. The van der Waals surface area contributed by atoms with Crippen LogP contribution in [0.5, 0.6) is 0 Å². The largest absolute Gasteiger partial charge is 0.465 e. The number of ether oxygens (including phenoxy) is 1. The third-order valence-electron chi connectivity index (χ3n) is 2.94. The lowest BCUT2D eigenvalue weighted by Crippen LogP contribution is -2.14. The van der Waals surface area contributed by atoms with Crippen molar-refractivity contribution >= 4 is 21.7 Å². The van der Waals surface area contributed by atoms with Crippen molar-refractivity contribution in [2.24, 2.45) is 0 Å². The third kappa shape index (κ3) is 3.41. The predicted octanol–water partition coefficient (Wildman–Crippen LogP) is 2.58. The number of para-hydroxylation sites is 1. The molecular weight excluding hydrogens is 290 g/mol. The number of anilines is 1. The Balaban J connectivity index is 2.33. The monoisotopic (exact) mass is 305 g/mol. The van der Waals surface area contributed by atoms with E-state index in [4.69, 9.17) is 0 Å². The minimum absolute atomic E-state index is 0.0940. The Morgan fingerprint density at radius 1 is 1.10 bits per heavy atom. The van der Waals surface area contributed by atoms with Gasteiger partial charge in [0.2, 0.25) is 0 Å². The number of carbonyl (C=O) groups excluding carboxylic acids is 1. The number of aryl methyl sites for hydroxylation is 1. The number of benzene rings is 2. The summed E-state index contributed by atoms with van der Waals surface area (Å²) in [5.41, 5.74) is 1.36. The van der Waals surface area contributed by atoms with Crippen LogP contribution in [0.25, 0.3) is 0 Å². The molecule has 0 atom stereocenters. The second-order valence-corrected chi connectivity index (χ2v) is 6.12. The summed E-state index contributed by atoms with van der Waals surface area (Å²) >= 11 is 0. The van der Waals surface area contributed by atoms with Gasteiger partial charge in [-0.1, -0.05) is 18.2 Å². The minimum atomic E-state index is -3.69. The summed E-state index contributed by atoms with van der Waals surface area (Å²) in [7, 11) is -2.41. The molecule has 0 unspecified atom stereocenters. The van der Waals surface area contributed by atoms with E-state index in [-0.39, 0.29) is 4.90 Å². The summed E-state index contributed by atoms with van der Waals surface area (Å²) in [4.78, 5) is 11.6. The Morgan fingerprint density at radius 2 is 1.76 bits per heavy atom. The molecule has 0 heterocycles. The van der Waals surface area contributed by atoms with Crippen molar-refractivity contribution in [2.45, 2.75) is 11.8 Å². The molecule has 0 amide bonds. The van der Waals surface area contributed by atoms with Gasteiger partial charge in [-0.25, -0.2) is 13.2 Å². The van der Waals surface area contributed by atoms with Crippen LogP contribution in [0.1, 0.15) is 15.9 Å². The van der Waals surface area contributed by atoms with Crippen LogP contribution in [-0.2, 0) is 14.8 Å². The van der Waals surface area contributed by atoms with Gasteiger partial charge in [-0.15, -0.1) is 0 Å². The van der Waals surface area contributed by atoms with E-state index in [2.05, 4.69) is 9.46 Å². The molecule has 0 spiro atoms. The number of methoxy groups -OCH3 is 1. The Morgan fingerprint density at radius 3 is 2.33 bits per heavy atom. The predicted molar refractivity (Wildman–Crippen MR) is 79.8 cm³/mol. The molecule has 0 saturated heterocycles. The second kappa shape index (κ2) is 5.97. The van der Waals surface area contributed by atoms with Gasteiger partial charge in [-0.3, -0.25) is 4.72 Å². The average molecular weight is 305 g/mol. The van der Waals surface area contributed by atoms with Gasteiger partial charge in [0, 0.05) is 5.69 Å². The van der Waals surface area contributed by atoms with E-state index in [1.807, 2.05) is 0 Å². The molecule has 0 bridgehead atoms. The molecule has 0 saturated carbocycles. The molecule has 21 heavy (non-hydrogen) atoms. The highest BCUT2D eigenvalue weighted by atomic mass is 32.2. The maximum atomic E-state index is 12.3. The summed E-state index contributed by atoms with van der Waals surface area (Å²) in [6.45, 7) is 1.66. The lowest BCUT2D eigenvalue weighted by molar-refractivity contribution is 0.0600. The molecule has 5 nitrogen and oxygen atoms in total. The quantitative estimate of drug-likeness (QED) is 0.881. The molecular formula is C15H15NO4S. The van der Waals surface area contributed by atoms with Crippen LogP contribution in [0.3, 0.4) is 0 Å². The maximum Gasteiger partial charge on any atom is 0.338 e. The SMILES string of the molecule is COC(=O)c1ccc(S(=O)(=O)Nc2ccccc2)cc1C. The zero-order valence-electron chi connectivity index (χ0n) is 11.7. The molecule has 2 aromatic rings.